The Morgan fingerprint density at radius 2 is 1.76 bits per heavy atom. The Morgan fingerprint density at radius 1 is 1.05 bits per heavy atom. The van der Waals surface area contributed by atoms with Gasteiger partial charge in [0.25, 0.3) is 12.0 Å². The SMILES string of the molecule is Cc1cnc2cc(C3CCN(c4ncccc4C(F)F)CC3)c(=O)n(Cc3ncccc3C(F)(F)F)c2n1. The molecular formula is C26H23F5N6O. The molecule has 198 valence electrons. The van der Waals surface area contributed by atoms with E-state index in [0.717, 1.165) is 6.07 Å². The number of fused-ring (bicyclic) bond motifs is 1. The average Bonchev–Trinajstić information content (AvgIpc) is 2.90. The topological polar surface area (TPSA) is 76.8 Å². The first-order chi connectivity index (χ1) is 18.1. The Bertz CT molecular complexity index is 1530. The van der Waals surface area contributed by atoms with Crippen molar-refractivity contribution in [2.45, 2.75) is 44.8 Å². The molecule has 5 heterocycles. The van der Waals surface area contributed by atoms with Crippen molar-refractivity contribution in [1.82, 2.24) is 24.5 Å². The molecule has 1 aliphatic heterocycles. The number of nitrogens with zero attached hydrogens (tertiary/aromatic N) is 6. The van der Waals surface area contributed by atoms with Gasteiger partial charge in [0.1, 0.15) is 11.3 Å². The van der Waals surface area contributed by atoms with Crippen molar-refractivity contribution >= 4 is 17.0 Å². The van der Waals surface area contributed by atoms with Gasteiger partial charge in [-0.1, -0.05) is 0 Å². The fourth-order valence-electron chi connectivity index (χ4n) is 4.89. The molecule has 0 unspecified atom stereocenters. The largest absolute Gasteiger partial charge is 0.418 e. The molecule has 0 bridgehead atoms. The lowest BCUT2D eigenvalue weighted by Crippen LogP contribution is -2.37. The van der Waals surface area contributed by atoms with Crippen LogP contribution in [0.15, 0.2) is 53.7 Å². The van der Waals surface area contributed by atoms with E-state index in [1.54, 1.807) is 17.9 Å². The third-order valence-electron chi connectivity index (χ3n) is 6.73. The number of hydrogen-bond donors (Lipinski definition) is 0. The summed E-state index contributed by atoms with van der Waals surface area (Å²) >= 11 is 0. The van der Waals surface area contributed by atoms with Gasteiger partial charge in [0.2, 0.25) is 0 Å². The molecule has 0 aliphatic carbocycles. The Balaban J connectivity index is 1.51. The smallest absolute Gasteiger partial charge is 0.356 e. The fraction of sp³-hybridized carbons (Fsp3) is 0.346. The number of aromatic nitrogens is 5. The molecular weight excluding hydrogens is 507 g/mol. The number of alkyl halides is 5. The van der Waals surface area contributed by atoms with Crippen LogP contribution in [0.1, 0.15) is 53.3 Å². The van der Waals surface area contributed by atoms with Gasteiger partial charge in [-0.3, -0.25) is 19.3 Å². The molecule has 12 heteroatoms. The standard InChI is InChI=1S/C26H23F5N6O/c1-15-13-34-20-12-18(16-6-10-36(11-7-16)23-17(22(27)28)4-2-9-33-23)25(38)37(24(20)35-15)14-21-19(26(29,30)31)5-3-8-32-21/h2-5,8-9,12-13,16,22H,6-7,10-11,14H2,1H3. The summed E-state index contributed by atoms with van der Waals surface area (Å²) in [5, 5.41) is 0. The van der Waals surface area contributed by atoms with Crippen LogP contribution in [0.4, 0.5) is 27.8 Å². The third kappa shape index (κ3) is 4.94. The van der Waals surface area contributed by atoms with Crippen LogP contribution in [-0.4, -0.2) is 37.6 Å². The number of pyridine rings is 3. The number of anilines is 1. The molecule has 0 N–H and O–H groups in total. The highest BCUT2D eigenvalue weighted by molar-refractivity contribution is 5.71. The van der Waals surface area contributed by atoms with Gasteiger partial charge in [0, 0.05) is 37.2 Å². The van der Waals surface area contributed by atoms with Crippen molar-refractivity contribution in [3.8, 4) is 0 Å². The monoisotopic (exact) mass is 530 g/mol. The molecule has 4 aromatic heterocycles. The lowest BCUT2D eigenvalue weighted by Gasteiger charge is -2.34. The molecule has 1 aliphatic rings. The van der Waals surface area contributed by atoms with Crippen LogP contribution in [0.5, 0.6) is 0 Å². The normalized spacial score (nSPS) is 15.0. The maximum atomic E-state index is 13.7. The van der Waals surface area contributed by atoms with Gasteiger partial charge in [-0.2, -0.15) is 13.2 Å². The fourth-order valence-corrected chi connectivity index (χ4v) is 4.89. The number of aryl methyl sites for hydroxylation is 1. The highest BCUT2D eigenvalue weighted by Gasteiger charge is 2.34. The average molecular weight is 531 g/mol. The number of hydrogen-bond acceptors (Lipinski definition) is 6. The summed E-state index contributed by atoms with van der Waals surface area (Å²) in [7, 11) is 0. The van der Waals surface area contributed by atoms with Crippen LogP contribution in [0, 0.1) is 6.92 Å². The second kappa shape index (κ2) is 10.1. The van der Waals surface area contributed by atoms with Crippen molar-refractivity contribution in [2.75, 3.05) is 18.0 Å². The summed E-state index contributed by atoms with van der Waals surface area (Å²) in [6.45, 7) is 2.02. The minimum atomic E-state index is -4.64. The third-order valence-corrected chi connectivity index (χ3v) is 6.73. The molecule has 0 atom stereocenters. The summed E-state index contributed by atoms with van der Waals surface area (Å²) in [6.07, 6.45) is -2.13. The molecule has 0 aromatic carbocycles. The molecule has 1 saturated heterocycles. The molecule has 1 fully saturated rings. The van der Waals surface area contributed by atoms with E-state index in [4.69, 9.17) is 0 Å². The highest BCUT2D eigenvalue weighted by Crippen LogP contribution is 2.34. The van der Waals surface area contributed by atoms with Gasteiger partial charge in [-0.05, 0) is 56.0 Å². The molecule has 38 heavy (non-hydrogen) atoms. The van der Waals surface area contributed by atoms with Crippen molar-refractivity contribution in [3.05, 3.63) is 87.4 Å². The van der Waals surface area contributed by atoms with E-state index in [1.165, 1.54) is 41.4 Å². The predicted molar refractivity (Wildman–Crippen MR) is 130 cm³/mol. The van der Waals surface area contributed by atoms with Crippen molar-refractivity contribution in [1.29, 1.82) is 0 Å². The van der Waals surface area contributed by atoms with Gasteiger partial charge in [-0.15, -0.1) is 0 Å². The first-order valence-corrected chi connectivity index (χ1v) is 12.0. The molecule has 5 rings (SSSR count). The molecule has 0 radical (unpaired) electrons. The summed E-state index contributed by atoms with van der Waals surface area (Å²) in [5.41, 5.74) is -0.394. The Hall–Kier alpha value is -3.96. The number of piperidine rings is 1. The van der Waals surface area contributed by atoms with Crippen LogP contribution in [0.2, 0.25) is 0 Å². The zero-order valence-electron chi connectivity index (χ0n) is 20.3. The van der Waals surface area contributed by atoms with E-state index in [-0.39, 0.29) is 28.6 Å². The molecule has 0 saturated carbocycles. The van der Waals surface area contributed by atoms with Crippen LogP contribution in [-0.2, 0) is 12.7 Å². The van der Waals surface area contributed by atoms with Crippen molar-refractivity contribution < 1.29 is 22.0 Å². The summed E-state index contributed by atoms with van der Waals surface area (Å²) < 4.78 is 69.1. The minimum Gasteiger partial charge on any atom is -0.356 e. The summed E-state index contributed by atoms with van der Waals surface area (Å²) in [4.78, 5) is 32.3. The Morgan fingerprint density at radius 3 is 2.47 bits per heavy atom. The Kier molecular flexibility index (Phi) is 6.80. The minimum absolute atomic E-state index is 0.152. The zero-order valence-corrected chi connectivity index (χ0v) is 20.3. The molecule has 0 spiro atoms. The van der Waals surface area contributed by atoms with Gasteiger partial charge < -0.3 is 4.90 Å². The van der Waals surface area contributed by atoms with E-state index >= 15 is 0 Å². The highest BCUT2D eigenvalue weighted by atomic mass is 19.4. The first-order valence-electron chi connectivity index (χ1n) is 12.0. The second-order valence-corrected chi connectivity index (χ2v) is 9.18. The molecule has 7 nitrogen and oxygen atoms in total. The summed E-state index contributed by atoms with van der Waals surface area (Å²) in [5.74, 6) is -0.0323. The molecule has 0 amide bonds. The predicted octanol–water partition coefficient (Wildman–Crippen LogP) is 5.28. The van der Waals surface area contributed by atoms with Gasteiger partial charge in [0.05, 0.1) is 29.1 Å². The van der Waals surface area contributed by atoms with Gasteiger partial charge >= 0.3 is 6.18 Å². The quantitative estimate of drug-likeness (QED) is 0.327. The number of rotatable bonds is 5. The lowest BCUT2D eigenvalue weighted by atomic mass is 9.89. The van der Waals surface area contributed by atoms with E-state index in [0.29, 0.717) is 42.7 Å². The van der Waals surface area contributed by atoms with E-state index in [1.807, 2.05) is 0 Å². The van der Waals surface area contributed by atoms with Crippen LogP contribution in [0.25, 0.3) is 11.2 Å². The number of halogens is 5. The van der Waals surface area contributed by atoms with Crippen LogP contribution >= 0.6 is 0 Å². The second-order valence-electron chi connectivity index (χ2n) is 9.18. The van der Waals surface area contributed by atoms with Gasteiger partial charge in [0.15, 0.2) is 5.65 Å². The molecule has 4 aromatic rings. The van der Waals surface area contributed by atoms with Crippen LogP contribution < -0.4 is 10.5 Å². The maximum Gasteiger partial charge on any atom is 0.418 e. The van der Waals surface area contributed by atoms with Gasteiger partial charge in [-0.25, -0.2) is 18.7 Å². The van der Waals surface area contributed by atoms with E-state index in [2.05, 4.69) is 19.9 Å². The van der Waals surface area contributed by atoms with Crippen molar-refractivity contribution in [2.24, 2.45) is 0 Å². The van der Waals surface area contributed by atoms with E-state index in [9.17, 15) is 26.7 Å². The van der Waals surface area contributed by atoms with Crippen molar-refractivity contribution in [3.63, 3.8) is 0 Å². The first kappa shape index (κ1) is 25.7. The summed E-state index contributed by atoms with van der Waals surface area (Å²) in [6, 6.07) is 6.56. The zero-order chi connectivity index (χ0) is 27.0. The maximum absolute atomic E-state index is 13.7. The van der Waals surface area contributed by atoms with E-state index < -0.39 is 30.3 Å². The lowest BCUT2D eigenvalue weighted by molar-refractivity contribution is -0.138. The van der Waals surface area contributed by atoms with Crippen LogP contribution in [0.3, 0.4) is 0 Å². The Labute approximate surface area is 214 Å².